The topological polar surface area (TPSA) is 60.9 Å². The predicted octanol–water partition coefficient (Wildman–Crippen LogP) is 1.43. The molecule has 2 aliphatic rings. The first-order chi connectivity index (χ1) is 9.30. The van der Waals surface area contributed by atoms with Crippen LogP contribution in [0.15, 0.2) is 0 Å². The van der Waals surface area contributed by atoms with Gasteiger partial charge >= 0.3 is 5.97 Å². The Morgan fingerprint density at radius 3 is 2.45 bits per heavy atom. The summed E-state index contributed by atoms with van der Waals surface area (Å²) >= 11 is 0. The van der Waals surface area contributed by atoms with E-state index in [-0.39, 0.29) is 5.91 Å². The third kappa shape index (κ3) is 3.14. The van der Waals surface area contributed by atoms with E-state index >= 15 is 0 Å². The van der Waals surface area contributed by atoms with E-state index in [1.807, 2.05) is 20.8 Å². The third-order valence-electron chi connectivity index (χ3n) is 4.51. The minimum Gasteiger partial charge on any atom is -0.481 e. The van der Waals surface area contributed by atoms with Crippen LogP contribution in [0.5, 0.6) is 0 Å². The van der Waals surface area contributed by atoms with Gasteiger partial charge in [0.2, 0.25) is 5.91 Å². The van der Waals surface area contributed by atoms with Gasteiger partial charge in [-0.15, -0.1) is 0 Å². The highest BCUT2D eigenvalue weighted by molar-refractivity contribution is 5.97. The summed E-state index contributed by atoms with van der Waals surface area (Å²) in [6, 6.07) is 0.427. The number of nitrogens with zero attached hydrogens (tertiary/aromatic N) is 2. The molecule has 0 aromatic rings. The largest absolute Gasteiger partial charge is 0.481 e. The Morgan fingerprint density at radius 1 is 1.15 bits per heavy atom. The van der Waals surface area contributed by atoms with Crippen LogP contribution in [0.25, 0.3) is 0 Å². The van der Waals surface area contributed by atoms with Crippen LogP contribution in [-0.2, 0) is 9.59 Å². The fourth-order valence-electron chi connectivity index (χ4n) is 3.39. The van der Waals surface area contributed by atoms with Gasteiger partial charge in [-0.25, -0.2) is 0 Å². The molecule has 2 unspecified atom stereocenters. The number of carbonyl (C=O) groups is 2. The lowest BCUT2D eigenvalue weighted by atomic mass is 9.79. The molecule has 2 rings (SSSR count). The first kappa shape index (κ1) is 15.3. The van der Waals surface area contributed by atoms with E-state index in [0.717, 1.165) is 19.5 Å². The standard InChI is InChI=1S/C15H26N2O3/c1-15(2,3)12(14(19)20)13(18)17-9-8-16-7-5-4-6-11(16)10-17/h11-12H,4-10H2,1-3H3,(H,19,20). The predicted molar refractivity (Wildman–Crippen MR) is 76.4 cm³/mol. The molecule has 20 heavy (non-hydrogen) atoms. The van der Waals surface area contributed by atoms with Gasteiger partial charge in [-0.3, -0.25) is 14.5 Å². The summed E-state index contributed by atoms with van der Waals surface area (Å²) in [7, 11) is 0. The number of carboxylic acids is 1. The Bertz CT molecular complexity index is 389. The van der Waals surface area contributed by atoms with E-state index < -0.39 is 17.3 Å². The molecule has 2 fully saturated rings. The zero-order valence-electron chi connectivity index (χ0n) is 12.8. The number of aliphatic carboxylic acids is 1. The third-order valence-corrected chi connectivity index (χ3v) is 4.51. The maximum Gasteiger partial charge on any atom is 0.316 e. The number of carboxylic acid groups (broad SMARTS) is 1. The summed E-state index contributed by atoms with van der Waals surface area (Å²) in [5.74, 6) is -2.17. The van der Waals surface area contributed by atoms with Crippen LogP contribution in [0, 0.1) is 11.3 Å². The quantitative estimate of drug-likeness (QED) is 0.778. The van der Waals surface area contributed by atoms with E-state index in [4.69, 9.17) is 0 Å². The number of fused-ring (bicyclic) bond motifs is 1. The molecule has 2 atom stereocenters. The van der Waals surface area contributed by atoms with E-state index in [9.17, 15) is 14.7 Å². The van der Waals surface area contributed by atoms with Crippen molar-refractivity contribution in [2.24, 2.45) is 11.3 Å². The zero-order valence-corrected chi connectivity index (χ0v) is 12.8. The molecule has 0 aliphatic carbocycles. The zero-order chi connectivity index (χ0) is 14.9. The average molecular weight is 282 g/mol. The minimum absolute atomic E-state index is 0.213. The molecule has 2 heterocycles. The van der Waals surface area contributed by atoms with Crippen LogP contribution in [0.3, 0.4) is 0 Å². The summed E-state index contributed by atoms with van der Waals surface area (Å²) in [6.07, 6.45) is 3.58. The number of hydrogen-bond donors (Lipinski definition) is 1. The van der Waals surface area contributed by atoms with Crippen molar-refractivity contribution in [1.82, 2.24) is 9.80 Å². The Labute approximate surface area is 120 Å². The first-order valence-electron chi connectivity index (χ1n) is 7.56. The Balaban J connectivity index is 2.07. The van der Waals surface area contributed by atoms with Crippen molar-refractivity contribution >= 4 is 11.9 Å². The van der Waals surface area contributed by atoms with E-state index in [1.165, 1.54) is 12.8 Å². The van der Waals surface area contributed by atoms with Crippen LogP contribution in [0.4, 0.5) is 0 Å². The molecule has 0 saturated carbocycles. The molecule has 0 aromatic carbocycles. The van der Waals surface area contributed by atoms with Crippen LogP contribution in [0.2, 0.25) is 0 Å². The normalized spacial score (nSPS) is 25.9. The van der Waals surface area contributed by atoms with Crippen LogP contribution < -0.4 is 0 Å². The molecule has 0 aromatic heterocycles. The minimum atomic E-state index is -1.01. The number of carbonyl (C=O) groups excluding carboxylic acids is 1. The van der Waals surface area contributed by atoms with Crippen molar-refractivity contribution in [3.63, 3.8) is 0 Å². The lowest BCUT2D eigenvalue weighted by molar-refractivity contribution is -0.157. The van der Waals surface area contributed by atoms with Crippen molar-refractivity contribution in [3.05, 3.63) is 0 Å². The Hall–Kier alpha value is -1.10. The monoisotopic (exact) mass is 282 g/mol. The number of piperidine rings is 1. The van der Waals surface area contributed by atoms with Crippen LogP contribution in [-0.4, -0.2) is 59.0 Å². The molecule has 0 bridgehead atoms. The second kappa shape index (κ2) is 5.72. The Morgan fingerprint density at radius 2 is 1.85 bits per heavy atom. The molecule has 1 N–H and O–H groups in total. The van der Waals surface area contributed by atoms with Crippen molar-refractivity contribution in [1.29, 1.82) is 0 Å². The van der Waals surface area contributed by atoms with Gasteiger partial charge in [0.25, 0.3) is 0 Å². The van der Waals surface area contributed by atoms with Gasteiger partial charge in [0.15, 0.2) is 0 Å². The molecule has 5 nitrogen and oxygen atoms in total. The maximum atomic E-state index is 12.6. The summed E-state index contributed by atoms with van der Waals surface area (Å²) in [5, 5.41) is 9.38. The van der Waals surface area contributed by atoms with Crippen LogP contribution in [0.1, 0.15) is 40.0 Å². The molecular weight excluding hydrogens is 256 g/mol. The molecule has 0 radical (unpaired) electrons. The second-order valence-corrected chi connectivity index (χ2v) is 7.11. The molecular formula is C15H26N2O3. The van der Waals surface area contributed by atoms with E-state index in [2.05, 4.69) is 4.90 Å². The lowest BCUT2D eigenvalue weighted by Crippen LogP contribution is -2.58. The van der Waals surface area contributed by atoms with Gasteiger partial charge < -0.3 is 10.0 Å². The molecule has 5 heteroatoms. The molecule has 114 valence electrons. The molecule has 0 spiro atoms. The molecule has 2 aliphatic heterocycles. The lowest BCUT2D eigenvalue weighted by Gasteiger charge is -2.45. The van der Waals surface area contributed by atoms with Crippen LogP contribution >= 0.6 is 0 Å². The maximum absolute atomic E-state index is 12.6. The highest BCUT2D eigenvalue weighted by Gasteiger charge is 2.42. The van der Waals surface area contributed by atoms with E-state index in [1.54, 1.807) is 4.90 Å². The summed E-state index contributed by atoms with van der Waals surface area (Å²) in [6.45, 7) is 8.82. The van der Waals surface area contributed by atoms with Gasteiger partial charge in [-0.05, 0) is 24.8 Å². The summed E-state index contributed by atoms with van der Waals surface area (Å²) in [5.41, 5.74) is -0.549. The molecule has 1 amide bonds. The number of hydrogen-bond acceptors (Lipinski definition) is 3. The number of amides is 1. The van der Waals surface area contributed by atoms with Gasteiger partial charge in [-0.1, -0.05) is 27.2 Å². The summed E-state index contributed by atoms with van der Waals surface area (Å²) < 4.78 is 0. The number of piperazine rings is 1. The van der Waals surface area contributed by atoms with Crippen molar-refractivity contribution in [2.45, 2.75) is 46.1 Å². The fourth-order valence-corrected chi connectivity index (χ4v) is 3.39. The SMILES string of the molecule is CC(C)(C)C(C(=O)O)C(=O)N1CCN2CCCCC2C1. The van der Waals surface area contributed by atoms with Crippen molar-refractivity contribution in [2.75, 3.05) is 26.2 Å². The second-order valence-electron chi connectivity index (χ2n) is 7.11. The summed E-state index contributed by atoms with van der Waals surface area (Å²) in [4.78, 5) is 28.3. The average Bonchev–Trinajstić information content (AvgIpc) is 2.36. The van der Waals surface area contributed by atoms with Gasteiger partial charge in [0, 0.05) is 25.7 Å². The van der Waals surface area contributed by atoms with Gasteiger partial charge in [-0.2, -0.15) is 0 Å². The van der Waals surface area contributed by atoms with Gasteiger partial charge in [0.1, 0.15) is 5.92 Å². The highest BCUT2D eigenvalue weighted by atomic mass is 16.4. The highest BCUT2D eigenvalue weighted by Crippen LogP contribution is 2.30. The first-order valence-corrected chi connectivity index (χ1v) is 7.56. The van der Waals surface area contributed by atoms with Crippen molar-refractivity contribution in [3.8, 4) is 0 Å². The Kier molecular flexibility index (Phi) is 4.37. The fraction of sp³-hybridized carbons (Fsp3) is 0.867. The van der Waals surface area contributed by atoms with Crippen molar-refractivity contribution < 1.29 is 14.7 Å². The van der Waals surface area contributed by atoms with E-state index in [0.29, 0.717) is 19.1 Å². The molecule has 2 saturated heterocycles. The van der Waals surface area contributed by atoms with Gasteiger partial charge in [0.05, 0.1) is 0 Å². The smallest absolute Gasteiger partial charge is 0.316 e. The number of rotatable bonds is 2.